The van der Waals surface area contributed by atoms with Gasteiger partial charge in [-0.2, -0.15) is 0 Å². The predicted molar refractivity (Wildman–Crippen MR) is 59.5 cm³/mol. The molecule has 6 heteroatoms. The van der Waals surface area contributed by atoms with E-state index < -0.39 is 17.5 Å². The average Bonchev–Trinajstić information content (AvgIpc) is 2.23. The predicted octanol–water partition coefficient (Wildman–Crippen LogP) is 0.242. The SMILES string of the molecule is Cc1cc(C(O)(C(=O)O)C(=O)O)cc(C)c1N. The molecule has 0 bridgehead atoms. The molecule has 1 aromatic carbocycles. The van der Waals surface area contributed by atoms with Crippen molar-refractivity contribution in [3.8, 4) is 0 Å². The molecule has 0 saturated heterocycles. The highest BCUT2D eigenvalue weighted by atomic mass is 16.4. The molecule has 0 aromatic heterocycles. The van der Waals surface area contributed by atoms with Gasteiger partial charge < -0.3 is 21.1 Å². The Labute approximate surface area is 97.3 Å². The van der Waals surface area contributed by atoms with E-state index in [9.17, 15) is 14.7 Å². The maximum atomic E-state index is 10.9. The number of aryl methyl sites for hydroxylation is 2. The number of aliphatic hydroxyl groups is 1. The molecule has 1 aromatic rings. The van der Waals surface area contributed by atoms with Crippen LogP contribution in [0, 0.1) is 13.8 Å². The average molecular weight is 239 g/mol. The van der Waals surface area contributed by atoms with Crippen LogP contribution in [-0.2, 0) is 15.2 Å². The first-order chi connectivity index (χ1) is 7.71. The van der Waals surface area contributed by atoms with Crippen molar-refractivity contribution in [2.24, 2.45) is 0 Å². The third kappa shape index (κ3) is 1.94. The van der Waals surface area contributed by atoms with E-state index >= 15 is 0 Å². The number of nitrogens with two attached hydrogens (primary N) is 1. The van der Waals surface area contributed by atoms with E-state index in [2.05, 4.69) is 0 Å². The van der Waals surface area contributed by atoms with E-state index in [0.717, 1.165) is 0 Å². The van der Waals surface area contributed by atoms with Gasteiger partial charge in [0, 0.05) is 11.3 Å². The van der Waals surface area contributed by atoms with Crippen molar-refractivity contribution in [2.75, 3.05) is 5.73 Å². The molecule has 0 radical (unpaired) electrons. The molecule has 1 rings (SSSR count). The zero-order valence-electron chi connectivity index (χ0n) is 9.39. The summed E-state index contributed by atoms with van der Waals surface area (Å²) in [4.78, 5) is 21.8. The second-order valence-corrected chi connectivity index (χ2v) is 3.84. The molecule has 0 aliphatic rings. The van der Waals surface area contributed by atoms with Gasteiger partial charge >= 0.3 is 11.9 Å². The van der Waals surface area contributed by atoms with Gasteiger partial charge in [0.2, 0.25) is 0 Å². The molecule has 0 amide bonds. The first-order valence-electron chi connectivity index (χ1n) is 4.77. The third-order valence-corrected chi connectivity index (χ3v) is 2.63. The quantitative estimate of drug-likeness (QED) is 0.443. The van der Waals surface area contributed by atoms with Crippen LogP contribution in [0.4, 0.5) is 5.69 Å². The molecule has 0 atom stereocenters. The Hall–Kier alpha value is -2.08. The minimum absolute atomic E-state index is 0.221. The van der Waals surface area contributed by atoms with Crippen LogP contribution >= 0.6 is 0 Å². The van der Waals surface area contributed by atoms with Crippen LogP contribution in [0.15, 0.2) is 12.1 Å². The molecule has 92 valence electrons. The summed E-state index contributed by atoms with van der Waals surface area (Å²) in [6.45, 7) is 3.21. The monoisotopic (exact) mass is 239 g/mol. The summed E-state index contributed by atoms with van der Waals surface area (Å²) < 4.78 is 0. The fourth-order valence-electron chi connectivity index (χ4n) is 1.52. The molecule has 5 N–H and O–H groups in total. The van der Waals surface area contributed by atoms with Crippen LogP contribution in [0.2, 0.25) is 0 Å². The summed E-state index contributed by atoms with van der Waals surface area (Å²) in [6.07, 6.45) is 0. The fraction of sp³-hybridized carbons (Fsp3) is 0.273. The molecular weight excluding hydrogens is 226 g/mol. The fourth-order valence-corrected chi connectivity index (χ4v) is 1.52. The van der Waals surface area contributed by atoms with E-state index in [1.54, 1.807) is 13.8 Å². The minimum Gasteiger partial charge on any atom is -0.478 e. The number of nitrogen functional groups attached to an aromatic ring is 1. The smallest absolute Gasteiger partial charge is 0.352 e. The van der Waals surface area contributed by atoms with Crippen LogP contribution in [0.1, 0.15) is 16.7 Å². The van der Waals surface area contributed by atoms with Gasteiger partial charge in [0.05, 0.1) is 0 Å². The Kier molecular flexibility index (Phi) is 3.10. The van der Waals surface area contributed by atoms with Crippen molar-refractivity contribution in [1.82, 2.24) is 0 Å². The largest absolute Gasteiger partial charge is 0.478 e. The lowest BCUT2D eigenvalue weighted by Gasteiger charge is -2.20. The number of rotatable bonds is 3. The zero-order valence-corrected chi connectivity index (χ0v) is 9.39. The Morgan fingerprint density at radius 1 is 1.12 bits per heavy atom. The molecule has 0 aliphatic heterocycles. The van der Waals surface area contributed by atoms with E-state index in [1.165, 1.54) is 12.1 Å². The zero-order chi connectivity index (χ0) is 13.4. The van der Waals surface area contributed by atoms with Crippen LogP contribution in [0.3, 0.4) is 0 Å². The second-order valence-electron chi connectivity index (χ2n) is 3.84. The summed E-state index contributed by atoms with van der Waals surface area (Å²) in [5.74, 6) is -3.68. The summed E-state index contributed by atoms with van der Waals surface area (Å²) in [5.41, 5.74) is 3.96. The van der Waals surface area contributed by atoms with Gasteiger partial charge in [-0.05, 0) is 37.1 Å². The van der Waals surface area contributed by atoms with Gasteiger partial charge in [0.1, 0.15) is 0 Å². The lowest BCUT2D eigenvalue weighted by Crippen LogP contribution is -2.43. The van der Waals surface area contributed by atoms with Gasteiger partial charge in [0.15, 0.2) is 0 Å². The summed E-state index contributed by atoms with van der Waals surface area (Å²) in [6, 6.07) is 2.51. The molecule has 6 nitrogen and oxygen atoms in total. The van der Waals surface area contributed by atoms with Crippen molar-refractivity contribution in [1.29, 1.82) is 0 Å². The van der Waals surface area contributed by atoms with Crippen molar-refractivity contribution in [3.05, 3.63) is 28.8 Å². The van der Waals surface area contributed by atoms with Crippen LogP contribution in [0.5, 0.6) is 0 Å². The number of carbonyl (C=O) groups is 2. The van der Waals surface area contributed by atoms with E-state index in [4.69, 9.17) is 15.9 Å². The Balaban J connectivity index is 3.51. The third-order valence-electron chi connectivity index (χ3n) is 2.63. The number of hydrogen-bond donors (Lipinski definition) is 4. The molecular formula is C11H13NO5. The molecule has 0 fully saturated rings. The number of anilines is 1. The van der Waals surface area contributed by atoms with E-state index in [-0.39, 0.29) is 5.56 Å². The van der Waals surface area contributed by atoms with Crippen molar-refractivity contribution < 1.29 is 24.9 Å². The second kappa shape index (κ2) is 4.06. The van der Waals surface area contributed by atoms with Crippen molar-refractivity contribution in [2.45, 2.75) is 19.4 Å². The van der Waals surface area contributed by atoms with E-state index in [0.29, 0.717) is 16.8 Å². The molecule has 0 heterocycles. The maximum absolute atomic E-state index is 10.9. The van der Waals surface area contributed by atoms with Crippen molar-refractivity contribution >= 4 is 17.6 Å². The first-order valence-corrected chi connectivity index (χ1v) is 4.77. The highest BCUT2D eigenvalue weighted by molar-refractivity contribution is 6.02. The molecule has 0 unspecified atom stereocenters. The van der Waals surface area contributed by atoms with Gasteiger partial charge in [0.25, 0.3) is 5.60 Å². The number of carboxylic acid groups (broad SMARTS) is 2. The standard InChI is InChI=1S/C11H13NO5/c1-5-3-7(4-6(2)8(5)12)11(17,9(13)14)10(15)16/h3-4,17H,12H2,1-2H3,(H,13,14)(H,15,16). The summed E-state index contributed by atoms with van der Waals surface area (Å²) in [7, 11) is 0. The maximum Gasteiger partial charge on any atom is 0.352 e. The first kappa shape index (κ1) is 13.0. The van der Waals surface area contributed by atoms with Crippen LogP contribution in [-0.4, -0.2) is 27.3 Å². The summed E-state index contributed by atoms with van der Waals surface area (Å²) >= 11 is 0. The van der Waals surface area contributed by atoms with Crippen LogP contribution < -0.4 is 5.73 Å². The molecule has 0 aliphatic carbocycles. The minimum atomic E-state index is -2.96. The normalized spacial score (nSPS) is 11.2. The van der Waals surface area contributed by atoms with Crippen LogP contribution in [0.25, 0.3) is 0 Å². The number of carboxylic acids is 2. The highest BCUT2D eigenvalue weighted by Crippen LogP contribution is 2.27. The summed E-state index contributed by atoms with van der Waals surface area (Å²) in [5, 5.41) is 27.4. The Morgan fingerprint density at radius 3 is 1.76 bits per heavy atom. The lowest BCUT2D eigenvalue weighted by atomic mass is 9.90. The Bertz CT molecular complexity index is 458. The Morgan fingerprint density at radius 2 is 1.47 bits per heavy atom. The van der Waals surface area contributed by atoms with Gasteiger partial charge in [-0.15, -0.1) is 0 Å². The van der Waals surface area contributed by atoms with Gasteiger partial charge in [-0.3, -0.25) is 0 Å². The number of hydrogen-bond acceptors (Lipinski definition) is 4. The molecule has 0 spiro atoms. The van der Waals surface area contributed by atoms with E-state index in [1.807, 2.05) is 0 Å². The number of aliphatic carboxylic acids is 2. The number of benzene rings is 1. The van der Waals surface area contributed by atoms with Crippen molar-refractivity contribution in [3.63, 3.8) is 0 Å². The molecule has 0 saturated carbocycles. The lowest BCUT2D eigenvalue weighted by molar-refractivity contribution is -0.177. The van der Waals surface area contributed by atoms with Gasteiger partial charge in [-0.25, -0.2) is 9.59 Å². The topological polar surface area (TPSA) is 121 Å². The highest BCUT2D eigenvalue weighted by Gasteiger charge is 2.47. The van der Waals surface area contributed by atoms with Gasteiger partial charge in [-0.1, -0.05) is 0 Å². The molecule has 17 heavy (non-hydrogen) atoms.